The van der Waals surface area contributed by atoms with E-state index in [1.807, 2.05) is 6.07 Å². The summed E-state index contributed by atoms with van der Waals surface area (Å²) in [5.74, 6) is 0.890. The van der Waals surface area contributed by atoms with E-state index < -0.39 is 0 Å². The van der Waals surface area contributed by atoms with Gasteiger partial charge in [-0.15, -0.1) is 0 Å². The van der Waals surface area contributed by atoms with E-state index in [2.05, 4.69) is 48.3 Å². The fourth-order valence-corrected chi connectivity index (χ4v) is 2.23. The van der Waals surface area contributed by atoms with Gasteiger partial charge >= 0.3 is 0 Å². The van der Waals surface area contributed by atoms with Gasteiger partial charge in [-0.3, -0.25) is 0 Å². The molecule has 3 heteroatoms. The van der Waals surface area contributed by atoms with Gasteiger partial charge in [0.2, 0.25) is 0 Å². The lowest BCUT2D eigenvalue weighted by molar-refractivity contribution is 0.347. The van der Waals surface area contributed by atoms with E-state index in [1.54, 1.807) is 7.11 Å². The minimum absolute atomic E-state index is 0.591. The van der Waals surface area contributed by atoms with Crippen molar-refractivity contribution in [1.29, 1.82) is 5.26 Å². The molecule has 0 aliphatic carbocycles. The first-order chi connectivity index (χ1) is 9.72. The maximum Gasteiger partial charge on any atom is 0.119 e. The number of methoxy groups -OCH3 is 1. The van der Waals surface area contributed by atoms with Gasteiger partial charge in [0.15, 0.2) is 0 Å². The summed E-state index contributed by atoms with van der Waals surface area (Å²) in [4.78, 5) is 2.20. The van der Waals surface area contributed by atoms with Crippen molar-refractivity contribution in [2.45, 2.75) is 12.8 Å². The summed E-state index contributed by atoms with van der Waals surface area (Å²) in [5.41, 5.74) is 1.33. The van der Waals surface area contributed by atoms with Crippen molar-refractivity contribution >= 4 is 10.8 Å². The third-order valence-corrected chi connectivity index (χ3v) is 3.50. The molecule has 0 aliphatic heterocycles. The molecule has 0 saturated heterocycles. The predicted molar refractivity (Wildman–Crippen MR) is 81.9 cm³/mol. The van der Waals surface area contributed by atoms with Gasteiger partial charge in [-0.2, -0.15) is 5.26 Å². The average Bonchev–Trinajstić information content (AvgIpc) is 2.50. The molecule has 0 heterocycles. The lowest BCUT2D eigenvalue weighted by Gasteiger charge is -2.14. The first kappa shape index (κ1) is 14.4. The largest absolute Gasteiger partial charge is 0.497 e. The number of nitriles is 1. The minimum Gasteiger partial charge on any atom is -0.497 e. The maximum atomic E-state index is 8.57. The number of nitrogens with zero attached hydrogens (tertiary/aromatic N) is 2. The quantitative estimate of drug-likeness (QED) is 0.807. The molecular formula is C17H20N2O. The van der Waals surface area contributed by atoms with Crippen molar-refractivity contribution in [1.82, 2.24) is 4.90 Å². The normalized spacial score (nSPS) is 10.7. The van der Waals surface area contributed by atoms with E-state index in [4.69, 9.17) is 10.00 Å². The topological polar surface area (TPSA) is 36.3 Å². The predicted octanol–water partition coefficient (Wildman–Crippen LogP) is 3.24. The number of ether oxygens (including phenoxy) is 1. The Balaban J connectivity index is 2.03. The van der Waals surface area contributed by atoms with Gasteiger partial charge < -0.3 is 9.64 Å². The summed E-state index contributed by atoms with van der Waals surface area (Å²) in [6.07, 6.45) is 1.60. The van der Waals surface area contributed by atoms with Crippen molar-refractivity contribution < 1.29 is 4.74 Å². The molecule has 0 bridgehead atoms. The number of benzene rings is 2. The second kappa shape index (κ2) is 6.93. The first-order valence-electron chi connectivity index (χ1n) is 6.85. The third-order valence-electron chi connectivity index (χ3n) is 3.50. The molecule has 0 saturated carbocycles. The number of hydrogen-bond donors (Lipinski definition) is 0. The van der Waals surface area contributed by atoms with Gasteiger partial charge in [-0.1, -0.05) is 24.3 Å². The molecule has 0 amide bonds. The van der Waals surface area contributed by atoms with Crippen LogP contribution in [0.5, 0.6) is 5.75 Å². The van der Waals surface area contributed by atoms with Crippen LogP contribution in [0.3, 0.4) is 0 Å². The molecule has 2 aromatic rings. The Hall–Kier alpha value is -2.05. The fourth-order valence-electron chi connectivity index (χ4n) is 2.23. The summed E-state index contributed by atoms with van der Waals surface area (Å²) in [5, 5.41) is 11.0. The van der Waals surface area contributed by atoms with Crippen LogP contribution in [0, 0.1) is 11.3 Å². The Kier molecular flexibility index (Phi) is 4.97. The molecule has 0 unspecified atom stereocenters. The highest BCUT2D eigenvalue weighted by Crippen LogP contribution is 2.22. The molecule has 0 fully saturated rings. The molecule has 104 valence electrons. The number of hydrogen-bond acceptors (Lipinski definition) is 3. The highest BCUT2D eigenvalue weighted by Gasteiger charge is 2.01. The minimum atomic E-state index is 0.591. The van der Waals surface area contributed by atoms with E-state index in [1.165, 1.54) is 16.3 Å². The van der Waals surface area contributed by atoms with Crippen LogP contribution in [0.1, 0.15) is 12.0 Å². The zero-order chi connectivity index (χ0) is 14.4. The Morgan fingerprint density at radius 1 is 1.10 bits per heavy atom. The highest BCUT2D eigenvalue weighted by molar-refractivity contribution is 5.84. The molecule has 20 heavy (non-hydrogen) atoms. The van der Waals surface area contributed by atoms with E-state index in [-0.39, 0.29) is 0 Å². The van der Waals surface area contributed by atoms with Crippen LogP contribution in [0.4, 0.5) is 0 Å². The maximum absolute atomic E-state index is 8.57. The second-order valence-corrected chi connectivity index (χ2v) is 5.01. The molecule has 2 aromatic carbocycles. The number of likely N-dealkylation sites (N-methyl/N-ethyl adjacent to an activating group) is 1. The lowest BCUT2D eigenvalue weighted by atomic mass is 10.0. The summed E-state index contributed by atoms with van der Waals surface area (Å²) in [7, 11) is 3.75. The molecule has 0 aromatic heterocycles. The van der Waals surface area contributed by atoms with E-state index in [0.717, 1.165) is 25.3 Å². The van der Waals surface area contributed by atoms with Crippen molar-refractivity contribution in [3.63, 3.8) is 0 Å². The van der Waals surface area contributed by atoms with Gasteiger partial charge in [-0.25, -0.2) is 0 Å². The van der Waals surface area contributed by atoms with E-state index >= 15 is 0 Å². The van der Waals surface area contributed by atoms with Gasteiger partial charge in [0.25, 0.3) is 0 Å². The zero-order valence-corrected chi connectivity index (χ0v) is 12.1. The molecule has 2 rings (SSSR count). The van der Waals surface area contributed by atoms with Crippen molar-refractivity contribution in [3.05, 3.63) is 42.0 Å². The second-order valence-electron chi connectivity index (χ2n) is 5.01. The van der Waals surface area contributed by atoms with Crippen LogP contribution in [0.2, 0.25) is 0 Å². The van der Waals surface area contributed by atoms with Crippen molar-refractivity contribution in [2.75, 3.05) is 27.2 Å². The summed E-state index contributed by atoms with van der Waals surface area (Å²) in [6.45, 7) is 1.81. The third kappa shape index (κ3) is 3.72. The standard InChI is InChI=1S/C17H20N2O/c1-19(10-3-9-18)11-8-14-4-5-16-13-17(20-2)7-6-15(16)12-14/h4-7,12-13H,3,8,10-11H2,1-2H3. The highest BCUT2D eigenvalue weighted by atomic mass is 16.5. The molecule has 0 atom stereocenters. The first-order valence-corrected chi connectivity index (χ1v) is 6.85. The van der Waals surface area contributed by atoms with Gasteiger partial charge in [-0.05, 0) is 41.9 Å². The summed E-state index contributed by atoms with van der Waals surface area (Å²) >= 11 is 0. The van der Waals surface area contributed by atoms with Crippen LogP contribution >= 0.6 is 0 Å². The summed E-state index contributed by atoms with van der Waals surface area (Å²) < 4.78 is 5.24. The van der Waals surface area contributed by atoms with Crippen molar-refractivity contribution in [2.24, 2.45) is 0 Å². The monoisotopic (exact) mass is 268 g/mol. The van der Waals surface area contributed by atoms with Gasteiger partial charge in [0.1, 0.15) is 5.75 Å². The SMILES string of the molecule is COc1ccc2cc(CCN(C)CCC#N)ccc2c1. The van der Waals surface area contributed by atoms with Crippen molar-refractivity contribution in [3.8, 4) is 11.8 Å². The van der Waals surface area contributed by atoms with Crippen LogP contribution in [0.25, 0.3) is 10.8 Å². The lowest BCUT2D eigenvalue weighted by Crippen LogP contribution is -2.22. The zero-order valence-electron chi connectivity index (χ0n) is 12.1. The Bertz CT molecular complexity index is 616. The van der Waals surface area contributed by atoms with E-state index in [9.17, 15) is 0 Å². The smallest absolute Gasteiger partial charge is 0.119 e. The fraction of sp³-hybridized carbons (Fsp3) is 0.353. The van der Waals surface area contributed by atoms with Crippen LogP contribution in [-0.2, 0) is 6.42 Å². The van der Waals surface area contributed by atoms with Crippen LogP contribution in [0.15, 0.2) is 36.4 Å². The molecule has 0 radical (unpaired) electrons. The molecular weight excluding hydrogens is 248 g/mol. The molecule has 0 spiro atoms. The Morgan fingerprint density at radius 3 is 2.60 bits per heavy atom. The van der Waals surface area contributed by atoms with Gasteiger partial charge in [0, 0.05) is 19.5 Å². The molecule has 0 N–H and O–H groups in total. The van der Waals surface area contributed by atoms with Crippen LogP contribution < -0.4 is 4.74 Å². The Morgan fingerprint density at radius 2 is 1.85 bits per heavy atom. The average molecular weight is 268 g/mol. The van der Waals surface area contributed by atoms with Crippen LogP contribution in [-0.4, -0.2) is 32.1 Å². The summed E-state index contributed by atoms with van der Waals surface area (Å²) in [6, 6.07) is 14.9. The van der Waals surface area contributed by atoms with E-state index in [0.29, 0.717) is 6.42 Å². The van der Waals surface area contributed by atoms with Gasteiger partial charge in [0.05, 0.1) is 13.2 Å². The molecule has 3 nitrogen and oxygen atoms in total. The Labute approximate surface area is 120 Å². The number of fused-ring (bicyclic) bond motifs is 1. The molecule has 0 aliphatic rings. The number of rotatable bonds is 6.